The summed E-state index contributed by atoms with van der Waals surface area (Å²) in [6.07, 6.45) is 2.01. The van der Waals surface area contributed by atoms with Crippen molar-refractivity contribution in [1.29, 1.82) is 0 Å². The Bertz CT molecular complexity index is 704. The molecule has 0 saturated heterocycles. The smallest absolute Gasteiger partial charge is 0.0731 e. The molecule has 3 aromatic rings. The van der Waals surface area contributed by atoms with Crippen LogP contribution in [0.3, 0.4) is 0 Å². The molecule has 0 bridgehead atoms. The van der Waals surface area contributed by atoms with Gasteiger partial charge in [0.2, 0.25) is 0 Å². The molecule has 0 unspecified atom stereocenters. The number of rotatable bonds is 1. The summed E-state index contributed by atoms with van der Waals surface area (Å²) in [4.78, 5) is 0. The van der Waals surface area contributed by atoms with E-state index in [-0.39, 0.29) is 5.41 Å². The zero-order chi connectivity index (χ0) is 13.5. The van der Waals surface area contributed by atoms with Crippen LogP contribution < -0.4 is 0 Å². The topological polar surface area (TPSA) is 17.3 Å². The van der Waals surface area contributed by atoms with Crippen molar-refractivity contribution in [3.05, 3.63) is 48.5 Å². The van der Waals surface area contributed by atoms with E-state index in [0.29, 0.717) is 0 Å². The average molecular weight is 250 g/mol. The van der Waals surface area contributed by atoms with E-state index in [1.54, 1.807) is 0 Å². The van der Waals surface area contributed by atoms with Crippen LogP contribution in [0, 0.1) is 5.41 Å². The Hall–Kier alpha value is -2.09. The fourth-order valence-corrected chi connectivity index (χ4v) is 2.26. The van der Waals surface area contributed by atoms with Gasteiger partial charge >= 0.3 is 0 Å². The van der Waals surface area contributed by atoms with E-state index < -0.39 is 0 Å². The molecule has 1 aromatic heterocycles. The third kappa shape index (κ3) is 2.14. The Balaban J connectivity index is 2.34. The molecule has 0 aliphatic rings. The summed E-state index contributed by atoms with van der Waals surface area (Å²) >= 11 is 0. The Morgan fingerprint density at radius 3 is 1.79 bits per heavy atom. The van der Waals surface area contributed by atoms with Crippen molar-refractivity contribution in [2.45, 2.75) is 20.8 Å². The molecule has 0 spiro atoms. The molecule has 0 aliphatic carbocycles. The van der Waals surface area contributed by atoms with Crippen LogP contribution in [-0.4, -0.2) is 10.9 Å². The zero-order valence-corrected chi connectivity index (χ0v) is 11.6. The largest absolute Gasteiger partial charge is 0.233 e. The van der Waals surface area contributed by atoms with Crippen molar-refractivity contribution in [2.75, 3.05) is 0 Å². The minimum atomic E-state index is 0.0759. The van der Waals surface area contributed by atoms with Crippen LogP contribution in [0.25, 0.3) is 21.8 Å². The third-order valence-electron chi connectivity index (χ3n) is 3.12. The van der Waals surface area contributed by atoms with Gasteiger partial charge in [-0.3, -0.25) is 0 Å². The second-order valence-corrected chi connectivity index (χ2v) is 5.96. The second kappa shape index (κ2) is 4.23. The first-order valence-corrected chi connectivity index (χ1v) is 6.60. The van der Waals surface area contributed by atoms with Gasteiger partial charge in [-0.1, -0.05) is 57.2 Å². The highest BCUT2D eigenvalue weighted by Crippen LogP contribution is 2.28. The fourth-order valence-electron chi connectivity index (χ4n) is 2.26. The van der Waals surface area contributed by atoms with Gasteiger partial charge in [0, 0.05) is 17.0 Å². The Kier molecular flexibility index (Phi) is 2.67. The molecule has 19 heavy (non-hydrogen) atoms. The van der Waals surface area contributed by atoms with Gasteiger partial charge < -0.3 is 0 Å². The van der Waals surface area contributed by atoms with Crippen LogP contribution in [0.2, 0.25) is 0 Å². The van der Waals surface area contributed by atoms with E-state index in [9.17, 15) is 0 Å². The minimum Gasteiger partial charge on any atom is -0.233 e. The molecular formula is C17H18N2. The van der Waals surface area contributed by atoms with Gasteiger partial charge in [-0.2, -0.15) is 5.10 Å². The van der Waals surface area contributed by atoms with Gasteiger partial charge in [-0.15, -0.1) is 0 Å². The van der Waals surface area contributed by atoms with Crippen molar-refractivity contribution in [3.8, 4) is 0 Å². The molecule has 0 N–H and O–H groups in total. The van der Waals surface area contributed by atoms with E-state index in [1.807, 2.05) is 10.9 Å². The molecule has 1 heterocycles. The predicted molar refractivity (Wildman–Crippen MR) is 82.8 cm³/mol. The van der Waals surface area contributed by atoms with Gasteiger partial charge in [0.05, 0.1) is 11.0 Å². The van der Waals surface area contributed by atoms with E-state index in [2.05, 4.69) is 74.4 Å². The summed E-state index contributed by atoms with van der Waals surface area (Å²) in [5.41, 5.74) is 2.39. The lowest BCUT2D eigenvalue weighted by atomic mass is 9.99. The van der Waals surface area contributed by atoms with Crippen LogP contribution in [0.4, 0.5) is 0 Å². The number of benzene rings is 2. The standard InChI is InChI=1S/C17H18N2/c1-17(2,3)12-18-19-15-10-6-4-8-13(15)14-9-5-7-11-16(14)19/h4-12H,1-3H3/b18-12+. The van der Waals surface area contributed by atoms with Crippen LogP contribution in [-0.2, 0) is 0 Å². The monoisotopic (exact) mass is 250 g/mol. The lowest BCUT2D eigenvalue weighted by Crippen LogP contribution is -2.07. The first-order chi connectivity index (χ1) is 9.06. The molecule has 0 radical (unpaired) electrons. The summed E-state index contributed by atoms with van der Waals surface area (Å²) in [6, 6.07) is 16.8. The molecule has 0 aliphatic heterocycles. The number of fused-ring (bicyclic) bond motifs is 3. The Morgan fingerprint density at radius 1 is 0.842 bits per heavy atom. The zero-order valence-electron chi connectivity index (χ0n) is 11.6. The normalized spacial score (nSPS) is 12.8. The molecule has 0 amide bonds. The molecule has 2 nitrogen and oxygen atoms in total. The van der Waals surface area contributed by atoms with Gasteiger partial charge in [0.1, 0.15) is 0 Å². The molecule has 0 fully saturated rings. The van der Waals surface area contributed by atoms with Crippen LogP contribution >= 0.6 is 0 Å². The maximum absolute atomic E-state index is 4.69. The summed E-state index contributed by atoms with van der Waals surface area (Å²) in [6.45, 7) is 6.47. The van der Waals surface area contributed by atoms with Gasteiger partial charge in [0.25, 0.3) is 0 Å². The maximum atomic E-state index is 4.69. The second-order valence-electron chi connectivity index (χ2n) is 5.96. The van der Waals surface area contributed by atoms with Crippen LogP contribution in [0.15, 0.2) is 53.6 Å². The molecule has 2 heteroatoms. The number of aromatic nitrogens is 1. The highest BCUT2D eigenvalue weighted by molar-refractivity contribution is 6.08. The van der Waals surface area contributed by atoms with Crippen LogP contribution in [0.1, 0.15) is 20.8 Å². The first kappa shape index (κ1) is 12.0. The maximum Gasteiger partial charge on any atom is 0.0731 e. The van der Waals surface area contributed by atoms with Gasteiger partial charge in [0.15, 0.2) is 0 Å². The molecule has 96 valence electrons. The SMILES string of the molecule is CC(C)(C)/C=N/n1c2ccccc2c2ccccc21. The minimum absolute atomic E-state index is 0.0759. The summed E-state index contributed by atoms with van der Waals surface area (Å²) < 4.78 is 2.04. The van der Waals surface area contributed by atoms with Crippen molar-refractivity contribution in [3.63, 3.8) is 0 Å². The molecule has 2 aromatic carbocycles. The van der Waals surface area contributed by atoms with Gasteiger partial charge in [-0.25, -0.2) is 4.68 Å². The Morgan fingerprint density at radius 2 is 1.32 bits per heavy atom. The van der Waals surface area contributed by atoms with Crippen LogP contribution in [0.5, 0.6) is 0 Å². The predicted octanol–water partition coefficient (Wildman–Crippen LogP) is 4.67. The Labute approximate surface area is 113 Å². The molecule has 0 saturated carbocycles. The average Bonchev–Trinajstić information content (AvgIpc) is 2.70. The fraction of sp³-hybridized carbons (Fsp3) is 0.235. The van der Waals surface area contributed by atoms with Crippen molar-refractivity contribution < 1.29 is 0 Å². The van der Waals surface area contributed by atoms with E-state index in [4.69, 9.17) is 0 Å². The first-order valence-electron chi connectivity index (χ1n) is 6.60. The van der Waals surface area contributed by atoms with Gasteiger partial charge in [-0.05, 0) is 17.5 Å². The lowest BCUT2D eigenvalue weighted by Gasteiger charge is -2.10. The van der Waals surface area contributed by atoms with Crippen molar-refractivity contribution >= 4 is 28.0 Å². The molecule has 3 rings (SSSR count). The number of para-hydroxylation sites is 2. The van der Waals surface area contributed by atoms with E-state index in [1.165, 1.54) is 10.8 Å². The number of nitrogens with zero attached hydrogens (tertiary/aromatic N) is 2. The van der Waals surface area contributed by atoms with Crippen molar-refractivity contribution in [1.82, 2.24) is 4.68 Å². The van der Waals surface area contributed by atoms with E-state index >= 15 is 0 Å². The summed E-state index contributed by atoms with van der Waals surface area (Å²) in [7, 11) is 0. The highest BCUT2D eigenvalue weighted by Gasteiger charge is 2.10. The summed E-state index contributed by atoms with van der Waals surface area (Å²) in [5.74, 6) is 0. The van der Waals surface area contributed by atoms with E-state index in [0.717, 1.165) is 11.0 Å². The molecular weight excluding hydrogens is 232 g/mol. The molecule has 0 atom stereocenters. The highest BCUT2D eigenvalue weighted by atomic mass is 15.3. The number of hydrogen-bond acceptors (Lipinski definition) is 1. The quantitative estimate of drug-likeness (QED) is 0.558. The number of hydrogen-bond donors (Lipinski definition) is 0. The summed E-state index contributed by atoms with van der Waals surface area (Å²) in [5, 5.41) is 7.19. The van der Waals surface area contributed by atoms with Crippen molar-refractivity contribution in [2.24, 2.45) is 10.5 Å². The lowest BCUT2D eigenvalue weighted by molar-refractivity contribution is 0.601. The third-order valence-corrected chi connectivity index (χ3v) is 3.12.